The molecule has 3 heterocycles. The van der Waals surface area contributed by atoms with Crippen LogP contribution in [0.25, 0.3) is 6.08 Å². The number of Topliss-reactive ketones (excluding diaryl/α,β-unsaturated/α-hetero) is 1. The molecule has 2 aromatic carbocycles. The number of hydrogen-bond acceptors (Lipinski definition) is 5. The fraction of sp³-hybridized carbons (Fsp3) is 0.0909. The summed E-state index contributed by atoms with van der Waals surface area (Å²) in [6.07, 6.45) is 2.58. The molecular weight excluding hydrogens is 401 g/mol. The monoisotopic (exact) mass is 412 g/mol. The minimum atomic E-state index is -1.60. The molecule has 1 aromatic heterocycles. The van der Waals surface area contributed by atoms with E-state index in [0.29, 0.717) is 11.3 Å². The van der Waals surface area contributed by atoms with Gasteiger partial charge < -0.3 is 13.9 Å². The van der Waals surface area contributed by atoms with Crippen LogP contribution in [0.3, 0.4) is 0 Å². The van der Waals surface area contributed by atoms with Crippen molar-refractivity contribution in [1.29, 1.82) is 0 Å². The van der Waals surface area contributed by atoms with E-state index in [4.69, 9.17) is 13.9 Å². The van der Waals surface area contributed by atoms with Crippen LogP contribution in [0.2, 0.25) is 0 Å². The Morgan fingerprint density at radius 1 is 1.00 bits per heavy atom. The normalized spacial score (nSPS) is 18.8. The van der Waals surface area contributed by atoms with Crippen LogP contribution in [0.4, 0.5) is 13.2 Å². The zero-order valence-electron chi connectivity index (χ0n) is 15.1. The van der Waals surface area contributed by atoms with Crippen molar-refractivity contribution in [3.8, 4) is 11.5 Å². The summed E-state index contributed by atoms with van der Waals surface area (Å²) in [6, 6.07) is 7.82. The number of halogens is 3. The lowest BCUT2D eigenvalue weighted by Crippen LogP contribution is -2.21. The number of carbonyl (C=O) groups is 2. The van der Waals surface area contributed by atoms with Crippen LogP contribution in [-0.2, 0) is 4.79 Å². The number of esters is 1. The molecule has 0 amide bonds. The summed E-state index contributed by atoms with van der Waals surface area (Å²) in [5.41, 5.74) is 0.596. The number of fused-ring (bicyclic) bond motifs is 3. The standard InChI is InChI=1S/C22H11F3O5/c23-13-6-10(7-14(24)20(13)25)8-17-21(27)11-3-4-16-19(22(11)30-17)12(9-18(26)29-16)15-2-1-5-28-15/h1-8,12H,9H2/b17-8-/t12-/m0/s1. The SMILES string of the molecule is O=C1C[C@@H](c2ccco2)c2c(ccc3c2O/C(=C\c2cc(F)c(F)c(F)c2)C3=O)O1. The number of allylic oxidation sites excluding steroid dienone is 1. The third-order valence-electron chi connectivity index (χ3n) is 4.97. The summed E-state index contributed by atoms with van der Waals surface area (Å²) in [4.78, 5) is 24.8. The molecule has 5 rings (SSSR count). The molecule has 0 aliphatic carbocycles. The second-order valence-electron chi connectivity index (χ2n) is 6.84. The molecule has 150 valence electrons. The molecule has 0 bridgehead atoms. The molecule has 5 nitrogen and oxygen atoms in total. The molecule has 2 aliphatic heterocycles. The van der Waals surface area contributed by atoms with E-state index in [1.807, 2.05) is 0 Å². The largest absolute Gasteiger partial charge is 0.469 e. The summed E-state index contributed by atoms with van der Waals surface area (Å²) in [7, 11) is 0. The number of ether oxygens (including phenoxy) is 2. The summed E-state index contributed by atoms with van der Waals surface area (Å²) < 4.78 is 56.7. The predicted octanol–water partition coefficient (Wildman–Crippen LogP) is 4.75. The first kappa shape index (κ1) is 18.2. The van der Waals surface area contributed by atoms with E-state index >= 15 is 0 Å². The van der Waals surface area contributed by atoms with Crippen LogP contribution in [0.5, 0.6) is 11.5 Å². The molecule has 30 heavy (non-hydrogen) atoms. The highest BCUT2D eigenvalue weighted by atomic mass is 19.2. The molecule has 0 radical (unpaired) electrons. The van der Waals surface area contributed by atoms with Crippen molar-refractivity contribution in [1.82, 2.24) is 0 Å². The highest BCUT2D eigenvalue weighted by Gasteiger charge is 2.39. The third kappa shape index (κ3) is 2.80. The lowest BCUT2D eigenvalue weighted by atomic mass is 9.88. The second-order valence-corrected chi connectivity index (χ2v) is 6.84. The van der Waals surface area contributed by atoms with Crippen molar-refractivity contribution >= 4 is 17.8 Å². The van der Waals surface area contributed by atoms with Crippen LogP contribution in [0, 0.1) is 17.5 Å². The van der Waals surface area contributed by atoms with Gasteiger partial charge in [-0.1, -0.05) is 0 Å². The quantitative estimate of drug-likeness (QED) is 0.263. The molecule has 2 aliphatic rings. The number of rotatable bonds is 2. The Hall–Kier alpha value is -3.81. The fourth-order valence-corrected chi connectivity index (χ4v) is 3.65. The van der Waals surface area contributed by atoms with Crippen LogP contribution in [-0.4, -0.2) is 11.8 Å². The minimum absolute atomic E-state index is 0.0120. The highest BCUT2D eigenvalue weighted by Crippen LogP contribution is 2.49. The molecule has 0 unspecified atom stereocenters. The summed E-state index contributed by atoms with van der Waals surface area (Å²) in [6.45, 7) is 0. The highest BCUT2D eigenvalue weighted by molar-refractivity contribution is 6.15. The van der Waals surface area contributed by atoms with Gasteiger partial charge in [0.05, 0.1) is 24.2 Å². The smallest absolute Gasteiger partial charge is 0.312 e. The van der Waals surface area contributed by atoms with Crippen LogP contribution in [0.1, 0.15) is 39.6 Å². The van der Waals surface area contributed by atoms with Gasteiger partial charge in [0.15, 0.2) is 23.2 Å². The molecule has 0 saturated heterocycles. The average Bonchev–Trinajstić information content (AvgIpc) is 3.34. The Morgan fingerprint density at radius 3 is 2.47 bits per heavy atom. The van der Waals surface area contributed by atoms with E-state index in [1.165, 1.54) is 18.4 Å². The first-order chi connectivity index (χ1) is 14.4. The molecule has 0 fully saturated rings. The third-order valence-corrected chi connectivity index (χ3v) is 4.97. The van der Waals surface area contributed by atoms with E-state index in [2.05, 4.69) is 0 Å². The zero-order chi connectivity index (χ0) is 21.0. The number of benzene rings is 2. The second kappa shape index (κ2) is 6.62. The summed E-state index contributed by atoms with van der Waals surface area (Å²) >= 11 is 0. The van der Waals surface area contributed by atoms with E-state index in [-0.39, 0.29) is 34.8 Å². The number of hydrogen-bond donors (Lipinski definition) is 0. The van der Waals surface area contributed by atoms with Crippen molar-refractivity contribution in [2.45, 2.75) is 12.3 Å². The maximum atomic E-state index is 13.5. The lowest BCUT2D eigenvalue weighted by molar-refractivity contribution is -0.135. The van der Waals surface area contributed by atoms with Gasteiger partial charge >= 0.3 is 5.97 Å². The van der Waals surface area contributed by atoms with Crippen LogP contribution >= 0.6 is 0 Å². The van der Waals surface area contributed by atoms with Gasteiger partial charge in [-0.3, -0.25) is 9.59 Å². The van der Waals surface area contributed by atoms with Crippen LogP contribution < -0.4 is 9.47 Å². The van der Waals surface area contributed by atoms with E-state index in [1.54, 1.807) is 12.1 Å². The first-order valence-corrected chi connectivity index (χ1v) is 8.92. The number of furan rings is 1. The van der Waals surface area contributed by atoms with Gasteiger partial charge in [0, 0.05) is 5.56 Å². The van der Waals surface area contributed by atoms with Crippen LogP contribution in [0.15, 0.2) is 52.8 Å². The van der Waals surface area contributed by atoms with Gasteiger partial charge in [0.2, 0.25) is 5.78 Å². The van der Waals surface area contributed by atoms with Crippen molar-refractivity contribution in [2.24, 2.45) is 0 Å². The van der Waals surface area contributed by atoms with Gasteiger partial charge in [-0.05, 0) is 48.0 Å². The fourth-order valence-electron chi connectivity index (χ4n) is 3.65. The van der Waals surface area contributed by atoms with E-state index in [0.717, 1.165) is 18.2 Å². The molecule has 0 N–H and O–H groups in total. The maximum Gasteiger partial charge on any atom is 0.312 e. The Kier molecular flexibility index (Phi) is 4.02. The van der Waals surface area contributed by atoms with Gasteiger partial charge in [-0.25, -0.2) is 13.2 Å². The molecule has 1 atom stereocenters. The maximum absolute atomic E-state index is 13.5. The Labute approximate surface area is 167 Å². The molecule has 0 saturated carbocycles. The molecule has 3 aromatic rings. The predicted molar refractivity (Wildman–Crippen MR) is 96.5 cm³/mol. The molecule has 8 heteroatoms. The lowest BCUT2D eigenvalue weighted by Gasteiger charge is -2.24. The average molecular weight is 412 g/mol. The van der Waals surface area contributed by atoms with Crippen molar-refractivity contribution in [3.63, 3.8) is 0 Å². The summed E-state index contributed by atoms with van der Waals surface area (Å²) in [5.74, 6) is -5.15. The van der Waals surface area contributed by atoms with Crippen molar-refractivity contribution in [2.75, 3.05) is 0 Å². The molecule has 0 spiro atoms. The van der Waals surface area contributed by atoms with Gasteiger partial charge in [0.1, 0.15) is 17.3 Å². The Balaban J connectivity index is 1.61. The van der Waals surface area contributed by atoms with E-state index < -0.39 is 35.1 Å². The zero-order valence-corrected chi connectivity index (χ0v) is 15.1. The van der Waals surface area contributed by atoms with Gasteiger partial charge in [-0.15, -0.1) is 0 Å². The van der Waals surface area contributed by atoms with Gasteiger partial charge in [0.25, 0.3) is 0 Å². The van der Waals surface area contributed by atoms with Crippen molar-refractivity contribution < 1.29 is 36.7 Å². The number of carbonyl (C=O) groups excluding carboxylic acids is 2. The first-order valence-electron chi connectivity index (χ1n) is 8.92. The van der Waals surface area contributed by atoms with E-state index in [9.17, 15) is 22.8 Å². The Bertz CT molecular complexity index is 1220. The van der Waals surface area contributed by atoms with Crippen molar-refractivity contribution in [3.05, 3.63) is 88.3 Å². The minimum Gasteiger partial charge on any atom is -0.469 e. The summed E-state index contributed by atoms with van der Waals surface area (Å²) in [5, 5.41) is 0. The Morgan fingerprint density at radius 2 is 1.77 bits per heavy atom. The topological polar surface area (TPSA) is 65.7 Å². The van der Waals surface area contributed by atoms with Gasteiger partial charge in [-0.2, -0.15) is 0 Å². The molecular formula is C22H11F3O5. The number of ketones is 1.